The number of aromatic nitrogens is 3. The summed E-state index contributed by atoms with van der Waals surface area (Å²) in [5, 5.41) is 14.2. The van der Waals surface area contributed by atoms with Gasteiger partial charge in [-0.05, 0) is 36.2 Å². The largest absolute Gasteiger partial charge is 0.497 e. The molecule has 29 heavy (non-hydrogen) atoms. The summed E-state index contributed by atoms with van der Waals surface area (Å²) in [6, 6.07) is 9.93. The number of hydrogen-bond donors (Lipinski definition) is 1. The first-order valence-corrected chi connectivity index (χ1v) is 9.33. The third kappa shape index (κ3) is 3.73. The van der Waals surface area contributed by atoms with Crippen molar-refractivity contribution in [2.45, 2.75) is 6.92 Å². The van der Waals surface area contributed by atoms with E-state index in [0.29, 0.717) is 41.7 Å². The average molecular weight is 390 g/mol. The molecule has 1 aromatic carbocycles. The summed E-state index contributed by atoms with van der Waals surface area (Å²) in [6.45, 7) is 4.89. The maximum atomic E-state index is 9.93. The van der Waals surface area contributed by atoms with Gasteiger partial charge < -0.3 is 20.1 Å². The highest BCUT2D eigenvalue weighted by atomic mass is 16.5. The first-order chi connectivity index (χ1) is 14.1. The van der Waals surface area contributed by atoms with E-state index >= 15 is 0 Å². The lowest BCUT2D eigenvalue weighted by atomic mass is 9.99. The third-order valence-electron chi connectivity index (χ3n) is 4.87. The van der Waals surface area contributed by atoms with Crippen LogP contribution < -0.4 is 15.4 Å². The lowest BCUT2D eigenvalue weighted by Gasteiger charge is -2.29. The molecule has 0 bridgehead atoms. The quantitative estimate of drug-likeness (QED) is 0.730. The molecule has 0 radical (unpaired) electrons. The highest BCUT2D eigenvalue weighted by Crippen LogP contribution is 2.35. The molecule has 0 amide bonds. The number of anilines is 2. The molecule has 0 aliphatic carbocycles. The number of benzene rings is 1. The van der Waals surface area contributed by atoms with Crippen LogP contribution >= 0.6 is 0 Å². The fourth-order valence-corrected chi connectivity index (χ4v) is 3.44. The number of rotatable bonds is 4. The highest BCUT2D eigenvalue weighted by molar-refractivity contribution is 5.79. The second kappa shape index (κ2) is 7.81. The minimum atomic E-state index is 0.317. The zero-order chi connectivity index (χ0) is 20.4. The first-order valence-electron chi connectivity index (χ1n) is 9.33. The van der Waals surface area contributed by atoms with E-state index in [9.17, 15) is 5.26 Å². The van der Waals surface area contributed by atoms with Crippen LogP contribution in [0.2, 0.25) is 0 Å². The summed E-state index contributed by atoms with van der Waals surface area (Å²) in [7, 11) is 1.63. The van der Waals surface area contributed by atoms with Crippen LogP contribution in [0, 0.1) is 18.3 Å². The monoisotopic (exact) mass is 390 g/mol. The van der Waals surface area contributed by atoms with Gasteiger partial charge in [-0.1, -0.05) is 0 Å². The maximum absolute atomic E-state index is 9.93. The Balaban J connectivity index is 1.88. The summed E-state index contributed by atoms with van der Waals surface area (Å²) >= 11 is 0. The number of nitriles is 1. The van der Waals surface area contributed by atoms with Gasteiger partial charge in [-0.25, -0.2) is 9.67 Å². The van der Waals surface area contributed by atoms with Crippen LogP contribution in [-0.4, -0.2) is 48.2 Å². The van der Waals surface area contributed by atoms with Crippen LogP contribution in [0.3, 0.4) is 0 Å². The second-order valence-electron chi connectivity index (χ2n) is 6.89. The Morgan fingerprint density at radius 3 is 2.66 bits per heavy atom. The van der Waals surface area contributed by atoms with Gasteiger partial charge in [0.15, 0.2) is 5.82 Å². The molecule has 1 aliphatic heterocycles. The Labute approximate surface area is 169 Å². The van der Waals surface area contributed by atoms with E-state index in [1.54, 1.807) is 24.1 Å². The Morgan fingerprint density at radius 2 is 2.00 bits per heavy atom. The molecule has 0 saturated carbocycles. The average Bonchev–Trinajstić information content (AvgIpc) is 3.19. The minimum absolute atomic E-state index is 0.317. The van der Waals surface area contributed by atoms with E-state index in [1.165, 1.54) is 0 Å². The van der Waals surface area contributed by atoms with Gasteiger partial charge in [0.2, 0.25) is 0 Å². The molecular weight excluding hydrogens is 368 g/mol. The Kier molecular flexibility index (Phi) is 5.06. The molecular formula is C21H22N6O2. The van der Waals surface area contributed by atoms with Crippen molar-refractivity contribution in [2.24, 2.45) is 0 Å². The number of morpholine rings is 1. The van der Waals surface area contributed by atoms with Gasteiger partial charge in [0, 0.05) is 36.6 Å². The summed E-state index contributed by atoms with van der Waals surface area (Å²) < 4.78 is 12.6. The summed E-state index contributed by atoms with van der Waals surface area (Å²) in [5.41, 5.74) is 10.0. The molecule has 8 heteroatoms. The van der Waals surface area contributed by atoms with Crippen molar-refractivity contribution in [2.75, 3.05) is 44.0 Å². The fraction of sp³-hybridized carbons (Fsp3) is 0.286. The van der Waals surface area contributed by atoms with E-state index in [4.69, 9.17) is 15.2 Å². The number of nitrogen functional groups attached to an aromatic ring is 1. The molecule has 0 spiro atoms. The fourth-order valence-electron chi connectivity index (χ4n) is 3.44. The zero-order valence-corrected chi connectivity index (χ0v) is 16.4. The molecule has 0 atom stereocenters. The number of hydrogen-bond acceptors (Lipinski definition) is 7. The number of nitrogens with two attached hydrogens (primary N) is 1. The molecule has 1 fully saturated rings. The van der Waals surface area contributed by atoms with Crippen molar-refractivity contribution < 1.29 is 9.47 Å². The standard InChI is InChI=1S/C21H22N6O2/c1-14-12-24-27(13-14)21-19(11-22)18(10-20(23)25-21)15-7-16(9-17(8-15)28-2)26-3-5-29-6-4-26/h7-10,12-13H,3-6H2,1-2H3,(H2,23,25). The summed E-state index contributed by atoms with van der Waals surface area (Å²) in [6.07, 6.45) is 3.53. The molecule has 0 unspecified atom stereocenters. The van der Waals surface area contributed by atoms with Crippen LogP contribution in [0.5, 0.6) is 5.75 Å². The maximum Gasteiger partial charge on any atom is 0.174 e. The predicted molar refractivity (Wildman–Crippen MR) is 110 cm³/mol. The van der Waals surface area contributed by atoms with E-state index in [0.717, 1.165) is 29.9 Å². The number of aryl methyl sites for hydroxylation is 1. The van der Waals surface area contributed by atoms with Crippen LogP contribution in [0.1, 0.15) is 11.1 Å². The van der Waals surface area contributed by atoms with Crippen molar-refractivity contribution in [3.8, 4) is 28.8 Å². The molecule has 148 valence electrons. The molecule has 2 N–H and O–H groups in total. The zero-order valence-electron chi connectivity index (χ0n) is 16.4. The molecule has 2 aromatic heterocycles. The second-order valence-corrected chi connectivity index (χ2v) is 6.89. The van der Waals surface area contributed by atoms with Crippen LogP contribution in [0.15, 0.2) is 36.7 Å². The normalized spacial score (nSPS) is 13.9. The van der Waals surface area contributed by atoms with E-state index in [1.807, 2.05) is 31.3 Å². The topological polar surface area (TPSA) is 102 Å². The van der Waals surface area contributed by atoms with Gasteiger partial charge in [-0.15, -0.1) is 0 Å². The van der Waals surface area contributed by atoms with Crippen LogP contribution in [-0.2, 0) is 4.74 Å². The Morgan fingerprint density at radius 1 is 1.21 bits per heavy atom. The molecule has 8 nitrogen and oxygen atoms in total. The van der Waals surface area contributed by atoms with Gasteiger partial charge >= 0.3 is 0 Å². The molecule has 1 saturated heterocycles. The van der Waals surface area contributed by atoms with Crippen molar-refractivity contribution in [3.05, 3.63) is 47.8 Å². The van der Waals surface area contributed by atoms with Gasteiger partial charge in [0.25, 0.3) is 0 Å². The lowest BCUT2D eigenvalue weighted by Crippen LogP contribution is -2.36. The summed E-state index contributed by atoms with van der Waals surface area (Å²) in [5.74, 6) is 1.43. The smallest absolute Gasteiger partial charge is 0.174 e. The Bertz CT molecular complexity index is 1080. The number of methoxy groups -OCH3 is 1. The molecule has 1 aliphatic rings. The van der Waals surface area contributed by atoms with E-state index in [2.05, 4.69) is 21.1 Å². The molecule has 3 aromatic rings. The SMILES string of the molecule is COc1cc(-c2cc(N)nc(-n3cc(C)cn3)c2C#N)cc(N2CCOCC2)c1. The highest BCUT2D eigenvalue weighted by Gasteiger charge is 2.19. The third-order valence-corrected chi connectivity index (χ3v) is 4.87. The van der Waals surface area contributed by atoms with E-state index < -0.39 is 0 Å². The van der Waals surface area contributed by atoms with Crippen molar-refractivity contribution >= 4 is 11.5 Å². The van der Waals surface area contributed by atoms with Crippen LogP contribution in [0.4, 0.5) is 11.5 Å². The predicted octanol–water partition coefficient (Wildman–Crippen LogP) is 2.54. The lowest BCUT2D eigenvalue weighted by molar-refractivity contribution is 0.122. The van der Waals surface area contributed by atoms with Crippen LogP contribution in [0.25, 0.3) is 16.9 Å². The number of pyridine rings is 1. The van der Waals surface area contributed by atoms with Crippen molar-refractivity contribution in [3.63, 3.8) is 0 Å². The van der Waals surface area contributed by atoms with E-state index in [-0.39, 0.29) is 0 Å². The van der Waals surface area contributed by atoms with Crippen molar-refractivity contribution in [1.29, 1.82) is 5.26 Å². The Hall–Kier alpha value is -3.57. The van der Waals surface area contributed by atoms with Crippen molar-refractivity contribution in [1.82, 2.24) is 14.8 Å². The minimum Gasteiger partial charge on any atom is -0.497 e. The number of ether oxygens (including phenoxy) is 2. The van der Waals surface area contributed by atoms with Gasteiger partial charge in [-0.2, -0.15) is 10.4 Å². The van der Waals surface area contributed by atoms with Gasteiger partial charge in [-0.3, -0.25) is 0 Å². The molecule has 3 heterocycles. The van der Waals surface area contributed by atoms with Gasteiger partial charge in [0.1, 0.15) is 23.2 Å². The van der Waals surface area contributed by atoms with Gasteiger partial charge in [0.05, 0.1) is 26.5 Å². The summed E-state index contributed by atoms with van der Waals surface area (Å²) in [4.78, 5) is 6.61. The first kappa shape index (κ1) is 18.8. The molecule has 4 rings (SSSR count). The number of nitrogens with zero attached hydrogens (tertiary/aromatic N) is 5.